The van der Waals surface area contributed by atoms with Gasteiger partial charge in [-0.25, -0.2) is 4.39 Å². The Morgan fingerprint density at radius 3 is 2.39 bits per heavy atom. The Hall–Kier alpha value is -2.07. The van der Waals surface area contributed by atoms with E-state index in [0.29, 0.717) is 13.2 Å². The summed E-state index contributed by atoms with van der Waals surface area (Å²) in [6, 6.07) is 15.2. The first-order chi connectivity index (χ1) is 11.3. The van der Waals surface area contributed by atoms with Crippen LogP contribution in [-0.4, -0.2) is 37.7 Å². The van der Waals surface area contributed by atoms with E-state index in [-0.39, 0.29) is 5.82 Å². The Morgan fingerprint density at radius 1 is 0.957 bits per heavy atom. The average Bonchev–Trinajstić information content (AvgIpc) is 2.59. The molecule has 0 bridgehead atoms. The summed E-state index contributed by atoms with van der Waals surface area (Å²) < 4.78 is 19.5. The Morgan fingerprint density at radius 2 is 1.65 bits per heavy atom. The number of anilines is 1. The number of piperazine rings is 1. The summed E-state index contributed by atoms with van der Waals surface area (Å²) in [5.41, 5.74) is 1.93. The van der Waals surface area contributed by atoms with Crippen molar-refractivity contribution in [1.29, 1.82) is 0 Å². The van der Waals surface area contributed by atoms with E-state index >= 15 is 0 Å². The second-order valence-corrected chi connectivity index (χ2v) is 5.76. The van der Waals surface area contributed by atoms with E-state index in [1.54, 1.807) is 6.07 Å². The number of rotatable bonds is 5. The second-order valence-electron chi connectivity index (χ2n) is 5.76. The predicted octanol–water partition coefficient (Wildman–Crippen LogP) is 3.55. The van der Waals surface area contributed by atoms with E-state index in [0.717, 1.165) is 43.2 Å². The highest BCUT2D eigenvalue weighted by Gasteiger charge is 2.20. The zero-order valence-corrected chi connectivity index (χ0v) is 13.5. The number of nitrogens with zero attached hydrogens (tertiary/aromatic N) is 2. The minimum absolute atomic E-state index is 0.114. The van der Waals surface area contributed by atoms with Crippen molar-refractivity contribution in [3.05, 3.63) is 59.9 Å². The first-order valence-electron chi connectivity index (χ1n) is 8.20. The number of hydrogen-bond donors (Lipinski definition) is 0. The molecule has 0 aliphatic carbocycles. The second kappa shape index (κ2) is 7.47. The first-order valence-corrected chi connectivity index (χ1v) is 8.20. The number of hydrogen-bond acceptors (Lipinski definition) is 3. The largest absolute Gasteiger partial charge is 0.492 e. The van der Waals surface area contributed by atoms with Crippen LogP contribution in [-0.2, 0) is 6.54 Å². The molecule has 2 aromatic rings. The first kappa shape index (κ1) is 15.8. The van der Waals surface area contributed by atoms with Gasteiger partial charge in [0.25, 0.3) is 0 Å². The van der Waals surface area contributed by atoms with E-state index in [9.17, 15) is 4.39 Å². The zero-order chi connectivity index (χ0) is 16.1. The van der Waals surface area contributed by atoms with Gasteiger partial charge < -0.3 is 9.64 Å². The van der Waals surface area contributed by atoms with Crippen molar-refractivity contribution in [3.8, 4) is 5.75 Å². The van der Waals surface area contributed by atoms with Gasteiger partial charge in [-0.3, -0.25) is 4.90 Å². The molecule has 0 N–H and O–H groups in total. The van der Waals surface area contributed by atoms with Gasteiger partial charge in [0, 0.05) is 38.3 Å². The fourth-order valence-electron chi connectivity index (χ4n) is 3.01. The summed E-state index contributed by atoms with van der Waals surface area (Å²) in [6.07, 6.45) is 0. The van der Waals surface area contributed by atoms with E-state index in [2.05, 4.69) is 15.9 Å². The van der Waals surface area contributed by atoms with Crippen LogP contribution in [0, 0.1) is 5.82 Å². The Kier molecular flexibility index (Phi) is 5.13. The van der Waals surface area contributed by atoms with Crippen LogP contribution in [0.1, 0.15) is 12.5 Å². The van der Waals surface area contributed by atoms with Gasteiger partial charge in [0.1, 0.15) is 11.6 Å². The smallest absolute Gasteiger partial charge is 0.142 e. The lowest BCUT2D eigenvalue weighted by Gasteiger charge is -2.36. The van der Waals surface area contributed by atoms with E-state index in [1.807, 2.05) is 37.3 Å². The van der Waals surface area contributed by atoms with Gasteiger partial charge in [0.15, 0.2) is 0 Å². The molecule has 1 aliphatic heterocycles. The molecule has 4 heteroatoms. The van der Waals surface area contributed by atoms with Crippen LogP contribution in [0.2, 0.25) is 0 Å². The van der Waals surface area contributed by atoms with Crippen LogP contribution >= 0.6 is 0 Å². The maximum atomic E-state index is 13.8. The number of ether oxygens (including phenoxy) is 1. The SMILES string of the molecule is CCOc1ccccc1N1CCN(Cc2ccccc2F)CC1. The number of para-hydroxylation sites is 2. The molecule has 0 saturated carbocycles. The highest BCUT2D eigenvalue weighted by molar-refractivity contribution is 5.58. The molecule has 0 spiro atoms. The van der Waals surface area contributed by atoms with Crippen molar-refractivity contribution in [1.82, 2.24) is 4.90 Å². The summed E-state index contributed by atoms with van der Waals surface area (Å²) in [4.78, 5) is 4.65. The lowest BCUT2D eigenvalue weighted by Crippen LogP contribution is -2.46. The molecule has 2 aromatic carbocycles. The summed E-state index contributed by atoms with van der Waals surface area (Å²) in [5, 5.41) is 0. The predicted molar refractivity (Wildman–Crippen MR) is 91.5 cm³/mol. The maximum absolute atomic E-state index is 13.8. The van der Waals surface area contributed by atoms with Crippen molar-refractivity contribution in [3.63, 3.8) is 0 Å². The normalized spacial score (nSPS) is 15.7. The zero-order valence-electron chi connectivity index (χ0n) is 13.5. The van der Waals surface area contributed by atoms with E-state index in [1.165, 1.54) is 6.07 Å². The minimum atomic E-state index is -0.114. The maximum Gasteiger partial charge on any atom is 0.142 e. The molecule has 0 amide bonds. The third-order valence-electron chi connectivity index (χ3n) is 4.23. The van der Waals surface area contributed by atoms with Crippen molar-refractivity contribution in [2.75, 3.05) is 37.7 Å². The summed E-state index contributed by atoms with van der Waals surface area (Å²) >= 11 is 0. The highest BCUT2D eigenvalue weighted by atomic mass is 19.1. The van der Waals surface area contributed by atoms with Crippen molar-refractivity contribution in [2.24, 2.45) is 0 Å². The summed E-state index contributed by atoms with van der Waals surface area (Å²) in [7, 11) is 0. The molecule has 1 fully saturated rings. The lowest BCUT2D eigenvalue weighted by molar-refractivity contribution is 0.245. The Bertz CT molecular complexity index is 639. The molecule has 23 heavy (non-hydrogen) atoms. The van der Waals surface area contributed by atoms with Gasteiger partial charge in [-0.05, 0) is 25.1 Å². The minimum Gasteiger partial charge on any atom is -0.492 e. The van der Waals surface area contributed by atoms with Gasteiger partial charge >= 0.3 is 0 Å². The van der Waals surface area contributed by atoms with E-state index < -0.39 is 0 Å². The van der Waals surface area contributed by atoms with Crippen LogP contribution in [0.4, 0.5) is 10.1 Å². The lowest BCUT2D eigenvalue weighted by atomic mass is 10.1. The molecule has 0 aromatic heterocycles. The quantitative estimate of drug-likeness (QED) is 0.839. The molecule has 1 heterocycles. The molecular formula is C19H23FN2O. The van der Waals surface area contributed by atoms with Crippen molar-refractivity contribution >= 4 is 5.69 Å². The summed E-state index contributed by atoms with van der Waals surface area (Å²) in [6.45, 7) is 7.06. The van der Waals surface area contributed by atoms with Gasteiger partial charge in [-0.15, -0.1) is 0 Å². The van der Waals surface area contributed by atoms with Gasteiger partial charge in [0.2, 0.25) is 0 Å². The Balaban J connectivity index is 1.62. The van der Waals surface area contributed by atoms with E-state index in [4.69, 9.17) is 4.74 Å². The summed E-state index contributed by atoms with van der Waals surface area (Å²) in [5.74, 6) is 0.828. The van der Waals surface area contributed by atoms with Crippen LogP contribution in [0.15, 0.2) is 48.5 Å². The van der Waals surface area contributed by atoms with Crippen LogP contribution in [0.25, 0.3) is 0 Å². The van der Waals surface area contributed by atoms with Crippen LogP contribution in [0.3, 0.4) is 0 Å². The molecule has 0 radical (unpaired) electrons. The third kappa shape index (κ3) is 3.82. The van der Waals surface area contributed by atoms with Crippen molar-refractivity contribution in [2.45, 2.75) is 13.5 Å². The molecule has 1 saturated heterocycles. The van der Waals surface area contributed by atoms with Crippen LogP contribution < -0.4 is 9.64 Å². The van der Waals surface area contributed by atoms with Gasteiger partial charge in [0.05, 0.1) is 12.3 Å². The third-order valence-corrected chi connectivity index (χ3v) is 4.23. The van der Waals surface area contributed by atoms with Gasteiger partial charge in [-0.2, -0.15) is 0 Å². The van der Waals surface area contributed by atoms with Crippen molar-refractivity contribution < 1.29 is 9.13 Å². The molecule has 0 unspecified atom stereocenters. The topological polar surface area (TPSA) is 15.7 Å². The fourth-order valence-corrected chi connectivity index (χ4v) is 3.01. The highest BCUT2D eigenvalue weighted by Crippen LogP contribution is 2.29. The molecule has 1 aliphatic rings. The Labute approximate surface area is 137 Å². The average molecular weight is 314 g/mol. The fraction of sp³-hybridized carbons (Fsp3) is 0.368. The molecule has 3 nitrogen and oxygen atoms in total. The standard InChI is InChI=1S/C19H23FN2O/c1-2-23-19-10-6-5-9-18(19)22-13-11-21(12-14-22)15-16-7-3-4-8-17(16)20/h3-10H,2,11-15H2,1H3. The molecular weight excluding hydrogens is 291 g/mol. The van der Waals surface area contributed by atoms with Crippen LogP contribution in [0.5, 0.6) is 5.75 Å². The molecule has 3 rings (SSSR count). The number of halogens is 1. The molecule has 122 valence electrons. The monoisotopic (exact) mass is 314 g/mol. The van der Waals surface area contributed by atoms with Gasteiger partial charge in [-0.1, -0.05) is 30.3 Å². The number of benzene rings is 2. The molecule has 0 atom stereocenters.